The fourth-order valence-electron chi connectivity index (χ4n) is 7.21. The summed E-state index contributed by atoms with van der Waals surface area (Å²) in [7, 11) is 0. The van der Waals surface area contributed by atoms with Crippen LogP contribution in [0.4, 0.5) is 0 Å². The second-order valence-corrected chi connectivity index (χ2v) is 15.1. The van der Waals surface area contributed by atoms with Crippen molar-refractivity contribution in [2.75, 3.05) is 19.8 Å². The predicted molar refractivity (Wildman–Crippen MR) is 202 cm³/mol. The number of aromatic hydroxyl groups is 2. The molecule has 3 aliphatic heterocycles. The fraction of sp³-hybridized carbons (Fsp3) is 0.564. The van der Waals surface area contributed by atoms with E-state index >= 15 is 0 Å². The molecule has 3 aromatic rings. The van der Waals surface area contributed by atoms with Gasteiger partial charge in [0.05, 0.1) is 32.0 Å². The van der Waals surface area contributed by atoms with Crippen LogP contribution in [0.5, 0.6) is 23.0 Å². The van der Waals surface area contributed by atoms with Gasteiger partial charge in [0.2, 0.25) is 18.0 Å². The van der Waals surface area contributed by atoms with Gasteiger partial charge in [-0.05, 0) is 32.4 Å². The number of ether oxygens (including phenoxy) is 6. The molecule has 6 rings (SSSR count). The maximum absolute atomic E-state index is 13.9. The summed E-state index contributed by atoms with van der Waals surface area (Å²) >= 11 is 0. The van der Waals surface area contributed by atoms with Crippen LogP contribution >= 0.6 is 0 Å². The van der Waals surface area contributed by atoms with Gasteiger partial charge in [-0.3, -0.25) is 4.79 Å². The first-order chi connectivity index (χ1) is 28.9. The van der Waals surface area contributed by atoms with E-state index in [9.17, 15) is 76.3 Å². The molecule has 14 N–H and O–H groups in total. The summed E-state index contributed by atoms with van der Waals surface area (Å²) in [6.45, 7) is 0.247. The largest absolute Gasteiger partial charge is 0.507 e. The second-order valence-electron chi connectivity index (χ2n) is 15.1. The molecule has 0 radical (unpaired) electrons. The molecule has 0 bridgehead atoms. The van der Waals surface area contributed by atoms with Crippen molar-refractivity contribution in [1.29, 1.82) is 0 Å². The average molecular weight is 871 g/mol. The van der Waals surface area contributed by atoms with E-state index in [1.165, 1.54) is 6.07 Å². The van der Waals surface area contributed by atoms with Crippen LogP contribution in [0.2, 0.25) is 0 Å². The van der Waals surface area contributed by atoms with Crippen molar-refractivity contribution >= 4 is 11.0 Å². The maximum atomic E-state index is 13.9. The number of phenols is 2. The molecule has 0 amide bonds. The lowest BCUT2D eigenvalue weighted by Crippen LogP contribution is -2.65. The molecule has 0 unspecified atom stereocenters. The molecule has 22 heteroatoms. The van der Waals surface area contributed by atoms with E-state index < -0.39 is 141 Å². The van der Waals surface area contributed by atoms with E-state index in [0.29, 0.717) is 0 Å². The highest BCUT2D eigenvalue weighted by molar-refractivity contribution is 5.87. The molecular weight excluding hydrogens is 820 g/mol. The molecule has 0 saturated carbocycles. The smallest absolute Gasteiger partial charge is 0.229 e. The Labute approximate surface area is 345 Å². The Hall–Kier alpha value is -4.05. The number of allylic oxidation sites excluding steroid dienone is 2. The van der Waals surface area contributed by atoms with E-state index in [-0.39, 0.29) is 46.0 Å². The zero-order valence-corrected chi connectivity index (χ0v) is 32.6. The van der Waals surface area contributed by atoms with Crippen molar-refractivity contribution in [1.82, 2.24) is 0 Å². The summed E-state index contributed by atoms with van der Waals surface area (Å²) in [6, 6.07) is 4.55. The lowest BCUT2D eigenvalue weighted by atomic mass is 9.97. The second kappa shape index (κ2) is 19.1. The van der Waals surface area contributed by atoms with E-state index in [1.807, 2.05) is 0 Å². The minimum absolute atomic E-state index is 0.00354. The topological polar surface area (TPSA) is 369 Å². The van der Waals surface area contributed by atoms with Gasteiger partial charge in [-0.2, -0.15) is 0 Å². The standard InChI is InChI=1S/C39H50O22/c1-13(2)3-4-14-5-15(6-19(45)35(14)60-37-32(53)29(50)26(47)21(10-41)57-37)34-17(9-40)25(46)24-18(44)7-16(8-20(24)56-34)55-39-36(31(52)28(49)23(12-43)59-39)61-38-33(54)30(51)27(48)22(11-42)58-38/h3,5-8,21-23,26-33,36-45,47-54H,4,9-12H2,1-2H3/t21-,22+,23+,26-,27+,28+,29+,30-,31-,32-,33+,36+,37+,38-,39+/m0/s1. The number of rotatable bonds is 13. The van der Waals surface area contributed by atoms with Crippen LogP contribution in [0.15, 0.2) is 45.1 Å². The number of aliphatic hydroxyl groups excluding tert-OH is 12. The maximum Gasteiger partial charge on any atom is 0.229 e. The lowest BCUT2D eigenvalue weighted by molar-refractivity contribution is -0.357. The van der Waals surface area contributed by atoms with E-state index in [4.69, 9.17) is 32.8 Å². The molecule has 3 aliphatic rings. The summed E-state index contributed by atoms with van der Waals surface area (Å²) in [4.78, 5) is 13.9. The number of benzene rings is 2. The molecule has 4 heterocycles. The monoisotopic (exact) mass is 870 g/mol. The van der Waals surface area contributed by atoms with Crippen LogP contribution in [0.3, 0.4) is 0 Å². The van der Waals surface area contributed by atoms with E-state index in [0.717, 1.165) is 23.8 Å². The van der Waals surface area contributed by atoms with Gasteiger partial charge in [0.1, 0.15) is 95.4 Å². The predicted octanol–water partition coefficient (Wildman–Crippen LogP) is -3.95. The van der Waals surface area contributed by atoms with Gasteiger partial charge < -0.3 is 104 Å². The van der Waals surface area contributed by atoms with Crippen LogP contribution in [-0.4, -0.2) is 183 Å². The Kier molecular flexibility index (Phi) is 14.6. The summed E-state index contributed by atoms with van der Waals surface area (Å²) in [6.07, 6.45) is -24.2. The highest BCUT2D eigenvalue weighted by Gasteiger charge is 2.51. The molecule has 338 valence electrons. The number of aliphatic hydroxyl groups is 12. The van der Waals surface area contributed by atoms with Crippen molar-refractivity contribution < 1.29 is 104 Å². The van der Waals surface area contributed by atoms with Crippen molar-refractivity contribution in [2.45, 2.75) is 119 Å². The summed E-state index contributed by atoms with van der Waals surface area (Å²) in [5, 5.41) is 145. The summed E-state index contributed by atoms with van der Waals surface area (Å²) in [5.41, 5.74) is -0.602. The molecule has 2 aromatic carbocycles. The van der Waals surface area contributed by atoms with Gasteiger partial charge in [-0.1, -0.05) is 11.6 Å². The zero-order valence-electron chi connectivity index (χ0n) is 32.6. The van der Waals surface area contributed by atoms with Gasteiger partial charge in [-0.25, -0.2) is 0 Å². The Bertz CT molecular complexity index is 2080. The average Bonchev–Trinajstić information content (AvgIpc) is 3.22. The van der Waals surface area contributed by atoms with Crippen LogP contribution in [0.1, 0.15) is 25.0 Å². The number of fused-ring (bicyclic) bond motifs is 1. The van der Waals surface area contributed by atoms with Crippen molar-refractivity contribution in [2.24, 2.45) is 0 Å². The first-order valence-corrected chi connectivity index (χ1v) is 19.1. The van der Waals surface area contributed by atoms with Crippen molar-refractivity contribution in [3.8, 4) is 34.3 Å². The molecule has 22 nitrogen and oxygen atoms in total. The first kappa shape index (κ1) is 46.5. The highest BCUT2D eigenvalue weighted by atomic mass is 16.8. The van der Waals surface area contributed by atoms with Gasteiger partial charge in [-0.15, -0.1) is 0 Å². The summed E-state index contributed by atoms with van der Waals surface area (Å²) < 4.78 is 40.0. The lowest BCUT2D eigenvalue weighted by Gasteiger charge is -2.45. The molecule has 61 heavy (non-hydrogen) atoms. The zero-order chi connectivity index (χ0) is 44.6. The summed E-state index contributed by atoms with van der Waals surface area (Å²) in [5.74, 6) is -2.23. The van der Waals surface area contributed by atoms with Gasteiger partial charge >= 0.3 is 0 Å². The third-order valence-corrected chi connectivity index (χ3v) is 10.6. The van der Waals surface area contributed by atoms with Crippen molar-refractivity contribution in [3.63, 3.8) is 0 Å². The Morgan fingerprint density at radius 2 is 1.21 bits per heavy atom. The van der Waals surface area contributed by atoms with Gasteiger partial charge in [0, 0.05) is 23.3 Å². The molecule has 0 aliphatic carbocycles. The molecule has 0 spiro atoms. The van der Waals surface area contributed by atoms with Crippen LogP contribution in [0.25, 0.3) is 22.3 Å². The Morgan fingerprint density at radius 3 is 1.79 bits per heavy atom. The number of hydrogen-bond donors (Lipinski definition) is 14. The van der Waals surface area contributed by atoms with Crippen LogP contribution in [0, 0.1) is 0 Å². The highest BCUT2D eigenvalue weighted by Crippen LogP contribution is 2.41. The molecule has 3 saturated heterocycles. The minimum Gasteiger partial charge on any atom is -0.507 e. The van der Waals surface area contributed by atoms with Crippen LogP contribution < -0.4 is 14.9 Å². The van der Waals surface area contributed by atoms with Gasteiger partial charge in [0.25, 0.3) is 0 Å². The van der Waals surface area contributed by atoms with Crippen LogP contribution in [-0.2, 0) is 32.0 Å². The molecular formula is C39H50O22. The van der Waals surface area contributed by atoms with E-state index in [1.54, 1.807) is 19.9 Å². The quantitative estimate of drug-likeness (QED) is 0.0729. The third-order valence-electron chi connectivity index (χ3n) is 10.6. The van der Waals surface area contributed by atoms with Gasteiger partial charge in [0.15, 0.2) is 23.9 Å². The molecule has 3 fully saturated rings. The fourth-order valence-corrected chi connectivity index (χ4v) is 7.21. The normalized spacial score (nSPS) is 34.3. The van der Waals surface area contributed by atoms with E-state index in [2.05, 4.69) is 0 Å². The Balaban J connectivity index is 1.39. The SMILES string of the molecule is CC(C)=CCc1cc(-c2oc3cc(O[C@@H]4O[C@H](CO)[C@@H](O)[C@H](O)[C@H]4O[C@@H]4O[C@H](CO)[C@@H](O)[C@H](O)[C@H]4O)cc(O)c3c(=O)c2CO)cc(O)c1O[C@H]1O[C@@H](CO)[C@H](O)[C@@H](O)[C@@H]1O. The first-order valence-electron chi connectivity index (χ1n) is 19.1. The molecule has 1 aromatic heterocycles. The minimum atomic E-state index is -1.95. The third kappa shape index (κ3) is 9.21. The number of hydrogen-bond acceptors (Lipinski definition) is 22. The van der Waals surface area contributed by atoms with Crippen molar-refractivity contribution in [3.05, 3.63) is 57.3 Å². The molecule has 15 atom stereocenters. The Morgan fingerprint density at radius 1 is 0.656 bits per heavy atom. The number of phenolic OH excluding ortho intramolecular Hbond substituents is 2.